The van der Waals surface area contributed by atoms with E-state index in [9.17, 15) is 0 Å². The molecule has 6 nitrogen and oxygen atoms in total. The van der Waals surface area contributed by atoms with Crippen molar-refractivity contribution in [3.05, 3.63) is 34.3 Å². The molecule has 8 heteroatoms. The van der Waals surface area contributed by atoms with Crippen LogP contribution in [0.2, 0.25) is 0 Å². The number of halogens is 1. The van der Waals surface area contributed by atoms with Crippen molar-refractivity contribution in [3.8, 4) is 0 Å². The van der Waals surface area contributed by atoms with Crippen molar-refractivity contribution in [2.45, 2.75) is 17.5 Å². The molecule has 0 atom stereocenters. The van der Waals surface area contributed by atoms with Crippen molar-refractivity contribution in [2.75, 3.05) is 26.8 Å². The molecule has 2 rings (SSSR count). The second-order valence-corrected chi connectivity index (χ2v) is 6.20. The van der Waals surface area contributed by atoms with E-state index in [0.29, 0.717) is 6.61 Å². The second kappa shape index (κ2) is 9.14. The molecule has 0 saturated heterocycles. The molecular formula is C13H18BrN5OS. The normalized spacial score (nSPS) is 11.0. The monoisotopic (exact) mass is 371 g/mol. The minimum Gasteiger partial charge on any atom is -0.383 e. The Morgan fingerprint density at radius 1 is 1.38 bits per heavy atom. The number of tetrazole rings is 1. The van der Waals surface area contributed by atoms with E-state index in [1.807, 2.05) is 16.8 Å². The van der Waals surface area contributed by atoms with Crippen LogP contribution in [-0.2, 0) is 17.0 Å². The number of nitrogens with zero attached hydrogens (tertiary/aromatic N) is 4. The second-order valence-electron chi connectivity index (χ2n) is 4.35. The molecule has 0 fully saturated rings. The zero-order chi connectivity index (χ0) is 14.9. The van der Waals surface area contributed by atoms with E-state index in [0.717, 1.165) is 35.0 Å². The summed E-state index contributed by atoms with van der Waals surface area (Å²) in [5.74, 6) is 0.844. The van der Waals surface area contributed by atoms with Gasteiger partial charge in [0.2, 0.25) is 5.16 Å². The number of methoxy groups -OCH3 is 1. The lowest BCUT2D eigenvalue weighted by Crippen LogP contribution is -2.24. The maximum absolute atomic E-state index is 4.98. The summed E-state index contributed by atoms with van der Waals surface area (Å²) in [7, 11) is 1.69. The van der Waals surface area contributed by atoms with Gasteiger partial charge in [0.1, 0.15) is 0 Å². The van der Waals surface area contributed by atoms with Gasteiger partial charge in [-0.25, -0.2) is 4.68 Å². The third-order valence-corrected chi connectivity index (χ3v) is 4.26. The lowest BCUT2D eigenvalue weighted by atomic mass is 10.2. The first-order valence-electron chi connectivity index (χ1n) is 6.62. The van der Waals surface area contributed by atoms with Crippen molar-refractivity contribution >= 4 is 27.7 Å². The predicted molar refractivity (Wildman–Crippen MR) is 86.3 cm³/mol. The topological polar surface area (TPSA) is 64.9 Å². The van der Waals surface area contributed by atoms with E-state index in [1.54, 1.807) is 18.9 Å². The lowest BCUT2D eigenvalue weighted by Gasteiger charge is -2.06. The lowest BCUT2D eigenvalue weighted by molar-refractivity contribution is 0.199. The number of benzene rings is 1. The molecule has 0 radical (unpaired) electrons. The Morgan fingerprint density at radius 2 is 2.29 bits per heavy atom. The van der Waals surface area contributed by atoms with Gasteiger partial charge in [-0.15, -0.1) is 5.10 Å². The fourth-order valence-corrected chi connectivity index (χ4v) is 2.99. The number of hydrogen-bond donors (Lipinski definition) is 1. The van der Waals surface area contributed by atoms with Gasteiger partial charge < -0.3 is 10.1 Å². The number of aromatic nitrogens is 4. The molecule has 0 amide bonds. The highest BCUT2D eigenvalue weighted by molar-refractivity contribution is 9.10. The number of nitrogens with one attached hydrogen (secondary N) is 1. The van der Waals surface area contributed by atoms with Crippen LogP contribution in [0.1, 0.15) is 5.56 Å². The van der Waals surface area contributed by atoms with Crippen LogP contribution in [0.3, 0.4) is 0 Å². The molecule has 1 N–H and O–H groups in total. The molecule has 114 valence electrons. The third-order valence-electron chi connectivity index (χ3n) is 2.74. The Labute approximate surface area is 136 Å². The molecule has 0 spiro atoms. The van der Waals surface area contributed by atoms with Crippen LogP contribution in [0, 0.1) is 0 Å². The number of ether oxygens (including phenoxy) is 1. The molecule has 21 heavy (non-hydrogen) atoms. The Morgan fingerprint density at radius 3 is 3.10 bits per heavy atom. The molecule has 2 aromatic rings. The molecule has 0 aliphatic rings. The van der Waals surface area contributed by atoms with E-state index in [-0.39, 0.29) is 0 Å². The highest BCUT2D eigenvalue weighted by Crippen LogP contribution is 2.21. The van der Waals surface area contributed by atoms with E-state index >= 15 is 0 Å². The highest BCUT2D eigenvalue weighted by atomic mass is 79.9. The summed E-state index contributed by atoms with van der Waals surface area (Å²) >= 11 is 5.11. The maximum Gasteiger partial charge on any atom is 0.209 e. The molecule has 0 bridgehead atoms. The Hall–Kier alpha value is -0.960. The minimum atomic E-state index is 0.708. The van der Waals surface area contributed by atoms with Gasteiger partial charge in [-0.2, -0.15) is 0 Å². The largest absolute Gasteiger partial charge is 0.383 e. The summed E-state index contributed by atoms with van der Waals surface area (Å²) in [6, 6.07) is 8.25. The summed E-state index contributed by atoms with van der Waals surface area (Å²) < 4.78 is 7.89. The first kappa shape index (κ1) is 16.4. The van der Waals surface area contributed by atoms with Crippen molar-refractivity contribution in [3.63, 3.8) is 0 Å². The van der Waals surface area contributed by atoms with Gasteiger partial charge >= 0.3 is 0 Å². The molecule has 1 aromatic heterocycles. The zero-order valence-corrected chi connectivity index (χ0v) is 14.2. The Kier molecular flexibility index (Phi) is 7.14. The van der Waals surface area contributed by atoms with Gasteiger partial charge in [0.15, 0.2) is 0 Å². The van der Waals surface area contributed by atoms with Gasteiger partial charge in [-0.3, -0.25) is 0 Å². The Bertz CT molecular complexity index is 551. The summed E-state index contributed by atoms with van der Waals surface area (Å²) in [5.41, 5.74) is 1.24. The number of hydrogen-bond acceptors (Lipinski definition) is 6. The molecule has 0 aliphatic heterocycles. The van der Waals surface area contributed by atoms with Crippen LogP contribution in [0.15, 0.2) is 33.9 Å². The quantitative estimate of drug-likeness (QED) is 0.536. The number of thioether (sulfide) groups is 1. The highest BCUT2D eigenvalue weighted by Gasteiger charge is 2.07. The van der Waals surface area contributed by atoms with Crippen molar-refractivity contribution in [1.29, 1.82) is 0 Å². The van der Waals surface area contributed by atoms with Gasteiger partial charge in [-0.05, 0) is 28.1 Å². The van der Waals surface area contributed by atoms with Gasteiger partial charge in [-0.1, -0.05) is 39.8 Å². The smallest absolute Gasteiger partial charge is 0.209 e. The van der Waals surface area contributed by atoms with E-state index in [2.05, 4.69) is 48.9 Å². The molecular weight excluding hydrogens is 354 g/mol. The molecule has 0 aliphatic carbocycles. The molecule has 1 heterocycles. The molecule has 1 aromatic carbocycles. The summed E-state index contributed by atoms with van der Waals surface area (Å²) in [6.07, 6.45) is 0. The predicted octanol–water partition coefficient (Wildman–Crippen LogP) is 1.96. The standard InChI is InChI=1S/C13H18BrN5OS/c1-20-8-6-15-5-7-19-13(16-17-18-19)21-10-11-3-2-4-12(14)9-11/h2-4,9,15H,5-8,10H2,1H3. The molecule has 0 unspecified atom stereocenters. The van der Waals surface area contributed by atoms with E-state index in [1.165, 1.54) is 5.56 Å². The maximum atomic E-state index is 4.98. The van der Waals surface area contributed by atoms with Gasteiger partial charge in [0.25, 0.3) is 0 Å². The average molecular weight is 372 g/mol. The average Bonchev–Trinajstić information content (AvgIpc) is 2.92. The van der Waals surface area contributed by atoms with Gasteiger partial charge in [0.05, 0.1) is 13.2 Å². The van der Waals surface area contributed by atoms with Crippen molar-refractivity contribution < 1.29 is 4.74 Å². The van der Waals surface area contributed by atoms with Crippen molar-refractivity contribution in [1.82, 2.24) is 25.5 Å². The van der Waals surface area contributed by atoms with E-state index in [4.69, 9.17) is 4.74 Å². The van der Waals surface area contributed by atoms with Crippen LogP contribution in [0.25, 0.3) is 0 Å². The zero-order valence-electron chi connectivity index (χ0n) is 11.8. The van der Waals surface area contributed by atoms with Crippen LogP contribution >= 0.6 is 27.7 Å². The van der Waals surface area contributed by atoms with E-state index < -0.39 is 0 Å². The fourth-order valence-electron chi connectivity index (χ4n) is 1.70. The molecule has 0 saturated carbocycles. The first-order chi connectivity index (χ1) is 10.3. The summed E-state index contributed by atoms with van der Waals surface area (Å²) in [5, 5.41) is 15.9. The fraction of sp³-hybridized carbons (Fsp3) is 0.462. The Balaban J connectivity index is 1.80. The minimum absolute atomic E-state index is 0.708. The third kappa shape index (κ3) is 5.74. The van der Waals surface area contributed by atoms with Gasteiger partial charge in [0, 0.05) is 30.4 Å². The van der Waals surface area contributed by atoms with Crippen LogP contribution in [0.4, 0.5) is 0 Å². The van der Waals surface area contributed by atoms with Crippen LogP contribution in [-0.4, -0.2) is 47.0 Å². The van der Waals surface area contributed by atoms with Crippen LogP contribution < -0.4 is 5.32 Å². The number of rotatable bonds is 9. The first-order valence-corrected chi connectivity index (χ1v) is 8.40. The van der Waals surface area contributed by atoms with Crippen LogP contribution in [0.5, 0.6) is 0 Å². The van der Waals surface area contributed by atoms with Crippen molar-refractivity contribution in [2.24, 2.45) is 0 Å². The summed E-state index contributed by atoms with van der Waals surface area (Å²) in [4.78, 5) is 0. The SMILES string of the molecule is COCCNCCn1nnnc1SCc1cccc(Br)c1. The summed E-state index contributed by atoms with van der Waals surface area (Å²) in [6.45, 7) is 3.11.